The van der Waals surface area contributed by atoms with Gasteiger partial charge in [0.05, 0.1) is 26.1 Å². The molecule has 0 saturated heterocycles. The fourth-order valence-electron chi connectivity index (χ4n) is 5.77. The maximum atomic E-state index is 12.5. The first-order chi connectivity index (χ1) is 18.7. The lowest BCUT2D eigenvalue weighted by Crippen LogP contribution is -2.12. The molecular formula is C34H30O4. The minimum Gasteiger partial charge on any atom is -0.465 e. The lowest BCUT2D eigenvalue weighted by molar-refractivity contribution is -0.145. The molecule has 0 heterocycles. The molecule has 0 atom stereocenters. The van der Waals surface area contributed by atoms with Crippen molar-refractivity contribution in [3.63, 3.8) is 0 Å². The monoisotopic (exact) mass is 502 g/mol. The van der Waals surface area contributed by atoms with Gasteiger partial charge in [-0.25, -0.2) is 0 Å². The molecular weight excluding hydrogens is 472 g/mol. The number of unbranched alkanes of at least 4 members (excludes halogenated alkanes) is 1. The number of esters is 2. The van der Waals surface area contributed by atoms with Crippen LogP contribution in [0, 0.1) is 0 Å². The number of hydrogen-bond acceptors (Lipinski definition) is 4. The molecule has 4 aromatic rings. The zero-order valence-electron chi connectivity index (χ0n) is 21.4. The van der Waals surface area contributed by atoms with Crippen molar-refractivity contribution >= 4 is 11.9 Å². The number of ether oxygens (including phenoxy) is 2. The summed E-state index contributed by atoms with van der Waals surface area (Å²) in [6, 6.07) is 29.1. The Kier molecular flexibility index (Phi) is 6.78. The number of fused-ring (bicyclic) bond motifs is 6. The lowest BCUT2D eigenvalue weighted by atomic mass is 9.99. The first-order valence-corrected chi connectivity index (χ1v) is 13.4. The Morgan fingerprint density at radius 3 is 1.42 bits per heavy atom. The van der Waals surface area contributed by atoms with Crippen LogP contribution in [0.1, 0.15) is 46.2 Å². The van der Waals surface area contributed by atoms with E-state index in [1.165, 1.54) is 44.5 Å². The molecule has 0 spiro atoms. The first-order valence-electron chi connectivity index (χ1n) is 13.4. The molecule has 0 amide bonds. The van der Waals surface area contributed by atoms with Gasteiger partial charge in [-0.3, -0.25) is 9.59 Å². The Morgan fingerprint density at radius 2 is 0.947 bits per heavy atom. The molecule has 0 aromatic heterocycles. The standard InChI is InChI=1S/C34H30O4/c35-33(21-25-11-7-15-29-27-13-3-1-9-23(27)19-31(25)29)37-17-5-6-18-38-34(36)22-26-12-8-16-30-28-14-4-2-10-24(28)20-32(26)30/h1-4,7-16H,5-6,17-22H2. The second kappa shape index (κ2) is 10.7. The summed E-state index contributed by atoms with van der Waals surface area (Å²) in [6.45, 7) is 0.659. The molecule has 2 aliphatic carbocycles. The smallest absolute Gasteiger partial charge is 0.310 e. The molecule has 2 aliphatic rings. The maximum Gasteiger partial charge on any atom is 0.310 e. The van der Waals surface area contributed by atoms with Crippen molar-refractivity contribution in [3.05, 3.63) is 118 Å². The van der Waals surface area contributed by atoms with Crippen molar-refractivity contribution in [1.82, 2.24) is 0 Å². The van der Waals surface area contributed by atoms with Crippen molar-refractivity contribution in [2.24, 2.45) is 0 Å². The highest BCUT2D eigenvalue weighted by Gasteiger charge is 2.23. The van der Waals surface area contributed by atoms with E-state index < -0.39 is 0 Å². The maximum absolute atomic E-state index is 12.5. The summed E-state index contributed by atoms with van der Waals surface area (Å²) in [5, 5.41) is 0. The molecule has 190 valence electrons. The van der Waals surface area contributed by atoms with Crippen molar-refractivity contribution in [3.8, 4) is 22.3 Å². The van der Waals surface area contributed by atoms with Gasteiger partial charge in [0.15, 0.2) is 0 Å². The first kappa shape index (κ1) is 24.2. The topological polar surface area (TPSA) is 52.6 Å². The van der Waals surface area contributed by atoms with Gasteiger partial charge >= 0.3 is 11.9 Å². The molecule has 38 heavy (non-hydrogen) atoms. The summed E-state index contributed by atoms with van der Waals surface area (Å²) in [5.41, 5.74) is 12.1. The van der Waals surface area contributed by atoms with E-state index in [2.05, 4.69) is 60.7 Å². The molecule has 4 aromatic carbocycles. The molecule has 0 unspecified atom stereocenters. The second-order valence-corrected chi connectivity index (χ2v) is 10.1. The number of benzene rings is 4. The molecule has 0 N–H and O–H groups in total. The van der Waals surface area contributed by atoms with Crippen molar-refractivity contribution < 1.29 is 19.1 Å². The number of carbonyl (C=O) groups excluding carboxylic acids is 2. The third-order valence-electron chi connectivity index (χ3n) is 7.63. The fourth-order valence-corrected chi connectivity index (χ4v) is 5.77. The van der Waals surface area contributed by atoms with Crippen LogP contribution in [0.25, 0.3) is 22.3 Å². The Hall–Kier alpha value is -4.18. The van der Waals surface area contributed by atoms with Crippen LogP contribution in [0.4, 0.5) is 0 Å². The van der Waals surface area contributed by atoms with Crippen molar-refractivity contribution in [1.29, 1.82) is 0 Å². The summed E-state index contributed by atoms with van der Waals surface area (Å²) >= 11 is 0. The van der Waals surface area contributed by atoms with Crippen molar-refractivity contribution in [2.75, 3.05) is 13.2 Å². The quantitative estimate of drug-likeness (QED) is 0.168. The van der Waals surface area contributed by atoms with Crippen LogP contribution in [0.3, 0.4) is 0 Å². The lowest BCUT2D eigenvalue weighted by Gasteiger charge is -2.10. The van der Waals surface area contributed by atoms with E-state index in [4.69, 9.17) is 9.47 Å². The average molecular weight is 503 g/mol. The Balaban J connectivity index is 0.927. The van der Waals surface area contributed by atoms with E-state index >= 15 is 0 Å². The van der Waals surface area contributed by atoms with E-state index in [1.807, 2.05) is 24.3 Å². The predicted molar refractivity (Wildman–Crippen MR) is 148 cm³/mol. The average Bonchev–Trinajstić information content (AvgIpc) is 3.51. The molecule has 4 nitrogen and oxygen atoms in total. The van der Waals surface area contributed by atoms with Gasteiger partial charge in [0, 0.05) is 0 Å². The molecule has 0 fully saturated rings. The van der Waals surface area contributed by atoms with Crippen LogP contribution in [0.15, 0.2) is 84.9 Å². The number of rotatable bonds is 9. The van der Waals surface area contributed by atoms with Gasteiger partial charge in [0.1, 0.15) is 0 Å². The van der Waals surface area contributed by atoms with Gasteiger partial charge in [0.2, 0.25) is 0 Å². The van der Waals surface area contributed by atoms with E-state index in [0.29, 0.717) is 26.1 Å². The zero-order valence-corrected chi connectivity index (χ0v) is 21.4. The third kappa shape index (κ3) is 4.87. The summed E-state index contributed by atoms with van der Waals surface area (Å²) in [5.74, 6) is -0.435. The third-order valence-corrected chi connectivity index (χ3v) is 7.63. The predicted octanol–water partition coefficient (Wildman–Crippen LogP) is 6.48. The minimum absolute atomic E-state index is 0.217. The second-order valence-electron chi connectivity index (χ2n) is 10.1. The van der Waals surface area contributed by atoms with Crippen LogP contribution in [0.2, 0.25) is 0 Å². The van der Waals surface area contributed by atoms with Gasteiger partial charge in [-0.05, 0) is 81.3 Å². The van der Waals surface area contributed by atoms with E-state index in [1.54, 1.807) is 0 Å². The highest BCUT2D eigenvalue weighted by Crippen LogP contribution is 2.39. The number of carbonyl (C=O) groups is 2. The van der Waals surface area contributed by atoms with E-state index in [-0.39, 0.29) is 24.8 Å². The zero-order chi connectivity index (χ0) is 25.9. The van der Waals surface area contributed by atoms with Gasteiger partial charge in [0.25, 0.3) is 0 Å². The van der Waals surface area contributed by atoms with Crippen LogP contribution < -0.4 is 0 Å². The largest absolute Gasteiger partial charge is 0.465 e. The Labute approximate surface area is 223 Å². The summed E-state index contributed by atoms with van der Waals surface area (Å²) in [7, 11) is 0. The van der Waals surface area contributed by atoms with Crippen molar-refractivity contribution in [2.45, 2.75) is 38.5 Å². The number of hydrogen-bond donors (Lipinski definition) is 0. The van der Waals surface area contributed by atoms with Gasteiger partial charge in [-0.1, -0.05) is 84.9 Å². The van der Waals surface area contributed by atoms with Crippen LogP contribution in [-0.4, -0.2) is 25.2 Å². The fraction of sp³-hybridized carbons (Fsp3) is 0.235. The van der Waals surface area contributed by atoms with Gasteiger partial charge in [-0.2, -0.15) is 0 Å². The van der Waals surface area contributed by atoms with E-state index in [9.17, 15) is 9.59 Å². The Bertz CT molecular complexity index is 1400. The summed E-state index contributed by atoms with van der Waals surface area (Å²) in [6.07, 6.45) is 3.59. The van der Waals surface area contributed by atoms with E-state index in [0.717, 1.165) is 24.0 Å². The van der Waals surface area contributed by atoms with Crippen LogP contribution in [0.5, 0.6) is 0 Å². The highest BCUT2D eigenvalue weighted by atomic mass is 16.5. The van der Waals surface area contributed by atoms with Crippen LogP contribution >= 0.6 is 0 Å². The molecule has 0 saturated carbocycles. The minimum atomic E-state index is -0.217. The highest BCUT2D eigenvalue weighted by molar-refractivity contribution is 5.82. The molecule has 0 bridgehead atoms. The normalized spacial score (nSPS) is 12.3. The van der Waals surface area contributed by atoms with Crippen LogP contribution in [-0.2, 0) is 44.7 Å². The summed E-state index contributed by atoms with van der Waals surface area (Å²) < 4.78 is 11.0. The molecule has 6 rings (SSSR count). The SMILES string of the molecule is O=C(Cc1cccc2c1Cc1ccccc1-2)OCCCCOC(=O)Cc1cccc2c1Cc1ccccc1-2. The molecule has 4 heteroatoms. The van der Waals surface area contributed by atoms with Gasteiger partial charge < -0.3 is 9.47 Å². The molecule has 0 aliphatic heterocycles. The Morgan fingerprint density at radius 1 is 0.526 bits per heavy atom. The molecule has 0 radical (unpaired) electrons. The summed E-state index contributed by atoms with van der Waals surface area (Å²) in [4.78, 5) is 25.0. The van der Waals surface area contributed by atoms with Gasteiger partial charge in [-0.15, -0.1) is 0 Å².